The fourth-order valence-electron chi connectivity index (χ4n) is 4.69. The van der Waals surface area contributed by atoms with Crippen LogP contribution in [0.2, 0.25) is 5.02 Å². The Hall–Kier alpha value is -3.59. The van der Waals surface area contributed by atoms with Crippen molar-refractivity contribution in [2.45, 2.75) is 32.2 Å². The number of likely N-dealkylation sites (tertiary alicyclic amines) is 1. The van der Waals surface area contributed by atoms with Gasteiger partial charge in [-0.2, -0.15) is 5.10 Å². The summed E-state index contributed by atoms with van der Waals surface area (Å²) >= 11 is 6.44. The maximum absolute atomic E-state index is 12.8. The SMILES string of the molecule is CC(=O)N1CCC(n2cc(Nc3cc(Nc4cccc5c4C(=O)N(C)CC5)c(Cl)cn3)cn2)CC1. The summed E-state index contributed by atoms with van der Waals surface area (Å²) in [7, 11) is 1.82. The highest BCUT2D eigenvalue weighted by atomic mass is 35.5. The van der Waals surface area contributed by atoms with Crippen molar-refractivity contribution in [1.29, 1.82) is 0 Å². The summed E-state index contributed by atoms with van der Waals surface area (Å²) in [6, 6.07) is 7.91. The molecule has 3 aromatic rings. The lowest BCUT2D eigenvalue weighted by molar-refractivity contribution is -0.130. The van der Waals surface area contributed by atoms with Crippen molar-refractivity contribution in [2.24, 2.45) is 0 Å². The van der Waals surface area contributed by atoms with E-state index in [0.29, 0.717) is 28.6 Å². The number of hydrogen-bond acceptors (Lipinski definition) is 6. The third kappa shape index (κ3) is 4.81. The number of amides is 2. The van der Waals surface area contributed by atoms with Crippen LogP contribution in [0.3, 0.4) is 0 Å². The summed E-state index contributed by atoms with van der Waals surface area (Å²) in [6.45, 7) is 3.82. The molecule has 2 N–H and O–H groups in total. The van der Waals surface area contributed by atoms with Gasteiger partial charge in [0.25, 0.3) is 5.91 Å². The predicted molar refractivity (Wildman–Crippen MR) is 136 cm³/mol. The minimum Gasteiger partial charge on any atom is -0.353 e. The fraction of sp³-hybridized carbons (Fsp3) is 0.360. The molecule has 0 aliphatic carbocycles. The largest absolute Gasteiger partial charge is 0.353 e. The van der Waals surface area contributed by atoms with Crippen LogP contribution in [0.1, 0.15) is 41.7 Å². The number of piperidine rings is 1. The Balaban J connectivity index is 1.31. The standard InChI is InChI=1S/C25H28ClN7O2/c1-16(34)32-10-7-19(8-11-32)33-15-18(13-28-33)29-23-12-22(20(26)14-27-23)30-21-5-3-4-17-6-9-31(2)25(35)24(17)21/h3-5,12-15,19H,6-11H2,1-2H3,(H2,27,29,30). The Bertz CT molecular complexity index is 1270. The average Bonchev–Trinajstić information content (AvgIpc) is 3.32. The van der Waals surface area contributed by atoms with Gasteiger partial charge in [-0.15, -0.1) is 0 Å². The van der Waals surface area contributed by atoms with E-state index in [9.17, 15) is 9.59 Å². The second-order valence-electron chi connectivity index (χ2n) is 9.06. The van der Waals surface area contributed by atoms with Gasteiger partial charge in [0.1, 0.15) is 5.82 Å². The lowest BCUT2D eigenvalue weighted by Gasteiger charge is -2.31. The molecule has 9 nitrogen and oxygen atoms in total. The number of aromatic nitrogens is 3. The number of halogens is 1. The van der Waals surface area contributed by atoms with Crippen LogP contribution in [0.4, 0.5) is 22.9 Å². The van der Waals surface area contributed by atoms with E-state index in [1.165, 1.54) is 0 Å². The van der Waals surface area contributed by atoms with Gasteiger partial charge in [-0.1, -0.05) is 23.7 Å². The Kier molecular flexibility index (Phi) is 6.34. The van der Waals surface area contributed by atoms with Crippen LogP contribution >= 0.6 is 11.6 Å². The molecule has 35 heavy (non-hydrogen) atoms. The van der Waals surface area contributed by atoms with Gasteiger partial charge in [-0.05, 0) is 30.9 Å². The number of pyridine rings is 1. The number of nitrogens with zero attached hydrogens (tertiary/aromatic N) is 5. The third-order valence-electron chi connectivity index (χ3n) is 6.71. The van der Waals surface area contributed by atoms with Crippen LogP contribution < -0.4 is 10.6 Å². The molecule has 5 rings (SSSR count). The highest BCUT2D eigenvalue weighted by molar-refractivity contribution is 6.33. The minimum atomic E-state index is -0.000530. The van der Waals surface area contributed by atoms with Crippen molar-refractivity contribution >= 4 is 46.3 Å². The molecule has 0 bridgehead atoms. The zero-order chi connectivity index (χ0) is 24.5. The van der Waals surface area contributed by atoms with E-state index in [-0.39, 0.29) is 17.9 Å². The van der Waals surface area contributed by atoms with Crippen LogP contribution in [-0.4, -0.2) is 63.1 Å². The van der Waals surface area contributed by atoms with Gasteiger partial charge in [0.15, 0.2) is 0 Å². The van der Waals surface area contributed by atoms with Crippen molar-refractivity contribution in [3.8, 4) is 0 Å². The zero-order valence-corrected chi connectivity index (χ0v) is 20.5. The molecule has 0 saturated carbocycles. The molecule has 0 atom stereocenters. The van der Waals surface area contributed by atoms with Crippen LogP contribution in [-0.2, 0) is 11.2 Å². The van der Waals surface area contributed by atoms with Crippen molar-refractivity contribution in [3.63, 3.8) is 0 Å². The van der Waals surface area contributed by atoms with E-state index in [4.69, 9.17) is 11.6 Å². The minimum absolute atomic E-state index is 0.000530. The molecule has 182 valence electrons. The van der Waals surface area contributed by atoms with Gasteiger partial charge in [-0.3, -0.25) is 14.3 Å². The average molecular weight is 494 g/mol. The molecule has 2 aliphatic rings. The first-order valence-electron chi connectivity index (χ1n) is 11.8. The molecule has 0 radical (unpaired) electrons. The number of carbonyl (C=O) groups excluding carboxylic acids is 2. The summed E-state index contributed by atoms with van der Waals surface area (Å²) in [5.74, 6) is 0.729. The zero-order valence-electron chi connectivity index (χ0n) is 19.8. The van der Waals surface area contributed by atoms with E-state index in [2.05, 4.69) is 20.7 Å². The second-order valence-corrected chi connectivity index (χ2v) is 9.47. The van der Waals surface area contributed by atoms with E-state index < -0.39 is 0 Å². The molecular formula is C25H28ClN7O2. The maximum atomic E-state index is 12.8. The second kappa shape index (κ2) is 9.58. The first kappa shape index (κ1) is 23.2. The number of carbonyl (C=O) groups is 2. The van der Waals surface area contributed by atoms with Crippen molar-refractivity contribution < 1.29 is 9.59 Å². The van der Waals surface area contributed by atoms with Crippen LogP contribution in [0.5, 0.6) is 0 Å². The Morgan fingerprint density at radius 3 is 2.69 bits per heavy atom. The highest BCUT2D eigenvalue weighted by Gasteiger charge is 2.25. The molecule has 1 fully saturated rings. The summed E-state index contributed by atoms with van der Waals surface area (Å²) in [5.41, 5.74) is 3.91. The molecule has 0 unspecified atom stereocenters. The number of likely N-dealkylation sites (N-methyl/N-ethyl adjacent to an activating group) is 1. The molecule has 4 heterocycles. The molecular weight excluding hydrogens is 466 g/mol. The van der Waals surface area contributed by atoms with Gasteiger partial charge in [-0.25, -0.2) is 4.98 Å². The van der Waals surface area contributed by atoms with Gasteiger partial charge in [0, 0.05) is 45.9 Å². The molecule has 2 amide bonds. The van der Waals surface area contributed by atoms with E-state index in [1.807, 2.05) is 47.1 Å². The van der Waals surface area contributed by atoms with Crippen LogP contribution in [0.25, 0.3) is 0 Å². The first-order chi connectivity index (χ1) is 16.9. The van der Waals surface area contributed by atoms with E-state index in [0.717, 1.165) is 49.3 Å². The molecule has 1 saturated heterocycles. The molecule has 0 spiro atoms. The lowest BCUT2D eigenvalue weighted by atomic mass is 9.97. The third-order valence-corrected chi connectivity index (χ3v) is 7.01. The normalized spacial score (nSPS) is 16.3. The van der Waals surface area contributed by atoms with Crippen LogP contribution in [0.15, 0.2) is 42.9 Å². The number of benzene rings is 1. The predicted octanol–water partition coefficient (Wildman–Crippen LogP) is 4.23. The summed E-state index contributed by atoms with van der Waals surface area (Å²) in [5, 5.41) is 11.6. The summed E-state index contributed by atoms with van der Waals surface area (Å²) in [6.07, 6.45) is 7.88. The number of nitrogens with one attached hydrogen (secondary N) is 2. The number of rotatable bonds is 5. The van der Waals surface area contributed by atoms with Gasteiger partial charge < -0.3 is 20.4 Å². The molecule has 2 aliphatic heterocycles. The topological polar surface area (TPSA) is 95.4 Å². The molecule has 10 heteroatoms. The van der Waals surface area contributed by atoms with Crippen molar-refractivity contribution in [1.82, 2.24) is 24.6 Å². The van der Waals surface area contributed by atoms with Gasteiger partial charge in [0.05, 0.1) is 46.1 Å². The Morgan fingerprint density at radius 1 is 1.11 bits per heavy atom. The quantitative estimate of drug-likeness (QED) is 0.552. The van der Waals surface area contributed by atoms with Crippen molar-refractivity contribution in [2.75, 3.05) is 37.3 Å². The summed E-state index contributed by atoms with van der Waals surface area (Å²) in [4.78, 5) is 32.4. The smallest absolute Gasteiger partial charge is 0.255 e. The number of fused-ring (bicyclic) bond motifs is 1. The molecule has 2 aromatic heterocycles. The van der Waals surface area contributed by atoms with E-state index >= 15 is 0 Å². The van der Waals surface area contributed by atoms with Crippen LogP contribution in [0, 0.1) is 0 Å². The van der Waals surface area contributed by atoms with E-state index in [1.54, 1.807) is 24.2 Å². The fourth-order valence-corrected chi connectivity index (χ4v) is 4.84. The molecule has 1 aromatic carbocycles. The summed E-state index contributed by atoms with van der Waals surface area (Å²) < 4.78 is 1.95. The number of hydrogen-bond donors (Lipinski definition) is 2. The maximum Gasteiger partial charge on any atom is 0.255 e. The Labute approximate surface area is 209 Å². The lowest BCUT2D eigenvalue weighted by Crippen LogP contribution is -2.37. The first-order valence-corrected chi connectivity index (χ1v) is 12.1. The van der Waals surface area contributed by atoms with Crippen molar-refractivity contribution in [3.05, 3.63) is 59.0 Å². The van der Waals surface area contributed by atoms with Gasteiger partial charge in [0.2, 0.25) is 5.91 Å². The monoisotopic (exact) mass is 493 g/mol. The number of anilines is 4. The Morgan fingerprint density at radius 2 is 1.91 bits per heavy atom. The van der Waals surface area contributed by atoms with Gasteiger partial charge >= 0.3 is 0 Å². The highest BCUT2D eigenvalue weighted by Crippen LogP contribution is 2.33.